The number of nitrogens with zero attached hydrogens (tertiary/aromatic N) is 4. The van der Waals surface area contributed by atoms with Crippen molar-refractivity contribution in [3.63, 3.8) is 0 Å². The maximum absolute atomic E-state index is 11.8. The number of aromatic nitrogens is 3. The molecule has 6 nitrogen and oxygen atoms in total. The highest BCUT2D eigenvalue weighted by molar-refractivity contribution is 6.31. The quantitative estimate of drug-likeness (QED) is 0.469. The topological polar surface area (TPSA) is 68.8 Å². The Morgan fingerprint density at radius 3 is 2.77 bits per heavy atom. The molecule has 2 heterocycles. The van der Waals surface area contributed by atoms with E-state index in [4.69, 9.17) is 4.74 Å². The lowest BCUT2D eigenvalue weighted by atomic mass is 10.1. The molecular formula is C15H19BN4O2. The van der Waals surface area contributed by atoms with Crippen LogP contribution in [0.1, 0.15) is 37.0 Å². The molecule has 0 amide bonds. The Labute approximate surface area is 130 Å². The third-order valence-corrected chi connectivity index (χ3v) is 2.93. The summed E-state index contributed by atoms with van der Waals surface area (Å²) in [6.07, 6.45) is 3.80. The molecule has 0 saturated carbocycles. The highest BCUT2D eigenvalue weighted by Gasteiger charge is 2.16. The first kappa shape index (κ1) is 15.9. The molecule has 2 rings (SSSR count). The lowest BCUT2D eigenvalue weighted by Gasteiger charge is -2.09. The van der Waals surface area contributed by atoms with Crippen LogP contribution in [0, 0.1) is 0 Å². The number of fused-ring (bicyclic) bond motifs is 1. The molecule has 0 aliphatic carbocycles. The van der Waals surface area contributed by atoms with E-state index in [1.807, 2.05) is 46.8 Å². The molecule has 0 fully saturated rings. The third kappa shape index (κ3) is 3.24. The van der Waals surface area contributed by atoms with E-state index < -0.39 is 5.97 Å². The highest BCUT2D eigenvalue weighted by atomic mass is 16.5. The summed E-state index contributed by atoms with van der Waals surface area (Å²) in [4.78, 5) is 20.8. The number of esters is 1. The van der Waals surface area contributed by atoms with Crippen LogP contribution in [0.25, 0.3) is 5.65 Å². The number of rotatable bonds is 4. The zero-order chi connectivity index (χ0) is 16.3. The Bertz CT molecular complexity index is 762. The molecule has 2 aromatic heterocycles. The number of carbonyl (C=O) groups is 1. The minimum atomic E-state index is -0.480. The average molecular weight is 298 g/mol. The molecular weight excluding hydrogens is 279 g/mol. The molecule has 0 aliphatic heterocycles. The summed E-state index contributed by atoms with van der Waals surface area (Å²) in [7, 11) is 3.22. The van der Waals surface area contributed by atoms with Gasteiger partial charge in [0, 0.05) is 11.6 Å². The molecule has 0 atom stereocenters. The number of methoxy groups -OCH3 is 1. The van der Waals surface area contributed by atoms with Gasteiger partial charge in [0.15, 0.2) is 19.2 Å². The Balaban J connectivity index is 2.76. The zero-order valence-electron chi connectivity index (χ0n) is 13.5. The van der Waals surface area contributed by atoms with Crippen LogP contribution in [0.15, 0.2) is 29.3 Å². The number of aliphatic imine (C=N–C) groups is 1. The SMILES string of the molecule is Bc1cc2nc(C(=O)OC)cc(C(/C=C\C)=N/C(C)C)n2n1. The van der Waals surface area contributed by atoms with Crippen molar-refractivity contribution in [2.45, 2.75) is 26.8 Å². The molecule has 0 aromatic carbocycles. The van der Waals surface area contributed by atoms with Crippen molar-refractivity contribution < 1.29 is 9.53 Å². The van der Waals surface area contributed by atoms with E-state index >= 15 is 0 Å². The number of hydrogen-bond acceptors (Lipinski definition) is 5. The third-order valence-electron chi connectivity index (χ3n) is 2.93. The largest absolute Gasteiger partial charge is 0.464 e. The van der Waals surface area contributed by atoms with Gasteiger partial charge in [-0.2, -0.15) is 5.10 Å². The zero-order valence-corrected chi connectivity index (χ0v) is 13.5. The highest BCUT2D eigenvalue weighted by Crippen LogP contribution is 2.11. The van der Waals surface area contributed by atoms with Gasteiger partial charge in [-0.15, -0.1) is 0 Å². The van der Waals surface area contributed by atoms with E-state index in [1.54, 1.807) is 10.6 Å². The van der Waals surface area contributed by atoms with E-state index in [9.17, 15) is 4.79 Å². The van der Waals surface area contributed by atoms with Gasteiger partial charge >= 0.3 is 5.97 Å². The summed E-state index contributed by atoms with van der Waals surface area (Å²) in [6.45, 7) is 5.92. The van der Waals surface area contributed by atoms with Crippen molar-refractivity contribution in [3.8, 4) is 0 Å². The van der Waals surface area contributed by atoms with E-state index in [-0.39, 0.29) is 11.7 Å². The molecule has 2 aromatic rings. The standard InChI is InChI=1S/C15H19BN4O2/c1-5-6-10(17-9(2)3)12-7-11(15(21)22-4)18-14-8-13(16)19-20(12)14/h5-9H,16H2,1-4H3/b6-5-,17-10+. The molecule has 0 radical (unpaired) electrons. The summed E-state index contributed by atoms with van der Waals surface area (Å²) < 4.78 is 6.48. The fraction of sp³-hybridized carbons (Fsp3) is 0.333. The van der Waals surface area contributed by atoms with Gasteiger partial charge in [0.1, 0.15) is 0 Å². The van der Waals surface area contributed by atoms with Crippen molar-refractivity contribution in [1.82, 2.24) is 14.6 Å². The Kier molecular flexibility index (Phi) is 4.75. The summed E-state index contributed by atoms with van der Waals surface area (Å²) >= 11 is 0. The molecule has 0 unspecified atom stereocenters. The van der Waals surface area contributed by atoms with Gasteiger partial charge < -0.3 is 4.74 Å². The van der Waals surface area contributed by atoms with Gasteiger partial charge in [-0.05, 0) is 39.0 Å². The van der Waals surface area contributed by atoms with E-state index in [0.717, 1.165) is 11.3 Å². The summed E-state index contributed by atoms with van der Waals surface area (Å²) in [5.41, 5.74) is 3.12. The first-order valence-corrected chi connectivity index (χ1v) is 7.13. The van der Waals surface area contributed by atoms with Gasteiger partial charge in [-0.1, -0.05) is 6.08 Å². The van der Waals surface area contributed by atoms with Crippen LogP contribution < -0.4 is 5.59 Å². The summed E-state index contributed by atoms with van der Waals surface area (Å²) in [5, 5.41) is 4.44. The molecule has 114 valence electrons. The van der Waals surface area contributed by atoms with E-state index in [2.05, 4.69) is 15.1 Å². The second kappa shape index (κ2) is 6.55. The normalized spacial score (nSPS) is 12.5. The maximum atomic E-state index is 11.8. The number of carbonyl (C=O) groups excluding carboxylic acids is 1. The van der Waals surface area contributed by atoms with Crippen LogP contribution in [-0.2, 0) is 4.74 Å². The molecule has 0 spiro atoms. The van der Waals surface area contributed by atoms with Gasteiger partial charge in [-0.25, -0.2) is 14.3 Å². The van der Waals surface area contributed by atoms with Gasteiger partial charge in [0.25, 0.3) is 0 Å². The fourth-order valence-corrected chi connectivity index (χ4v) is 2.11. The minimum absolute atomic E-state index is 0.118. The van der Waals surface area contributed by atoms with Crippen molar-refractivity contribution in [3.05, 3.63) is 35.7 Å². The molecule has 22 heavy (non-hydrogen) atoms. The first-order chi connectivity index (χ1) is 10.5. The molecule has 0 aliphatic rings. The second-order valence-corrected chi connectivity index (χ2v) is 5.18. The van der Waals surface area contributed by atoms with Gasteiger partial charge in [-0.3, -0.25) is 4.99 Å². The average Bonchev–Trinajstić information content (AvgIpc) is 2.84. The number of ether oxygens (including phenoxy) is 1. The van der Waals surface area contributed by atoms with Crippen LogP contribution in [-0.4, -0.2) is 47.3 Å². The smallest absolute Gasteiger partial charge is 0.356 e. The maximum Gasteiger partial charge on any atom is 0.356 e. The minimum Gasteiger partial charge on any atom is -0.464 e. The van der Waals surface area contributed by atoms with Crippen LogP contribution in [0.5, 0.6) is 0 Å². The van der Waals surface area contributed by atoms with E-state index in [0.29, 0.717) is 11.3 Å². The van der Waals surface area contributed by atoms with Gasteiger partial charge in [0.05, 0.1) is 18.5 Å². The van der Waals surface area contributed by atoms with Crippen LogP contribution in [0.4, 0.5) is 0 Å². The Morgan fingerprint density at radius 2 is 2.18 bits per heavy atom. The van der Waals surface area contributed by atoms with Crippen LogP contribution in [0.2, 0.25) is 0 Å². The predicted molar refractivity (Wildman–Crippen MR) is 89.0 cm³/mol. The predicted octanol–water partition coefficient (Wildman–Crippen LogP) is 0.548. The summed E-state index contributed by atoms with van der Waals surface area (Å²) in [5.74, 6) is -0.480. The molecule has 0 N–H and O–H groups in total. The number of allylic oxidation sites excluding steroid dienone is 2. The summed E-state index contributed by atoms with van der Waals surface area (Å²) in [6, 6.07) is 3.60. The van der Waals surface area contributed by atoms with Crippen molar-refractivity contribution >= 4 is 30.8 Å². The molecule has 0 saturated heterocycles. The Morgan fingerprint density at radius 1 is 1.45 bits per heavy atom. The molecule has 0 bridgehead atoms. The lowest BCUT2D eigenvalue weighted by molar-refractivity contribution is 0.0594. The van der Waals surface area contributed by atoms with Crippen LogP contribution in [0.3, 0.4) is 0 Å². The second-order valence-electron chi connectivity index (χ2n) is 5.18. The first-order valence-electron chi connectivity index (χ1n) is 7.13. The Hall–Kier alpha value is -2.44. The lowest BCUT2D eigenvalue weighted by Crippen LogP contribution is -2.15. The molecule has 7 heteroatoms. The van der Waals surface area contributed by atoms with Crippen molar-refractivity contribution in [2.24, 2.45) is 4.99 Å². The number of hydrogen-bond donors (Lipinski definition) is 0. The van der Waals surface area contributed by atoms with Crippen molar-refractivity contribution in [1.29, 1.82) is 0 Å². The van der Waals surface area contributed by atoms with Gasteiger partial charge in [0.2, 0.25) is 0 Å². The van der Waals surface area contributed by atoms with Crippen molar-refractivity contribution in [2.75, 3.05) is 7.11 Å². The fourth-order valence-electron chi connectivity index (χ4n) is 2.11. The monoisotopic (exact) mass is 298 g/mol. The van der Waals surface area contributed by atoms with E-state index in [1.165, 1.54) is 7.11 Å². The van der Waals surface area contributed by atoms with Crippen LogP contribution >= 0.6 is 0 Å².